The summed E-state index contributed by atoms with van der Waals surface area (Å²) in [5, 5.41) is 7.66. The molecule has 1 aromatic carbocycles. The van der Waals surface area contributed by atoms with Crippen LogP contribution in [0.2, 0.25) is 0 Å². The van der Waals surface area contributed by atoms with Crippen molar-refractivity contribution in [3.05, 3.63) is 71.9 Å². The molecule has 0 N–H and O–H groups in total. The van der Waals surface area contributed by atoms with E-state index in [0.29, 0.717) is 54.7 Å². The number of hydrogen-bond donors (Lipinski definition) is 0. The molecule has 4 fully saturated rings. The Morgan fingerprint density at radius 3 is 2.56 bits per heavy atom. The molecular weight excluding hydrogens is 577 g/mol. The van der Waals surface area contributed by atoms with Crippen LogP contribution in [0.4, 0.5) is 14.9 Å². The lowest BCUT2D eigenvalue weighted by Gasteiger charge is -2.35. The molecule has 12 nitrogen and oxygen atoms in total. The van der Waals surface area contributed by atoms with Gasteiger partial charge in [0.25, 0.3) is 5.54 Å². The van der Waals surface area contributed by atoms with Crippen molar-refractivity contribution < 1.29 is 18.7 Å². The number of aromatic nitrogens is 4. The fourth-order valence-electron chi connectivity index (χ4n) is 7.36. The molecule has 2 aromatic heterocycles. The highest BCUT2D eigenvalue weighted by Gasteiger charge is 2.78. The Morgan fingerprint density at radius 1 is 1.16 bits per heavy atom. The number of cyclic esters (lactones) is 1. The number of pyridine rings is 1. The highest BCUT2D eigenvalue weighted by Crippen LogP contribution is 2.64. The third-order valence-electron chi connectivity index (χ3n) is 10.0. The van der Waals surface area contributed by atoms with Gasteiger partial charge in [0.1, 0.15) is 17.6 Å². The molecule has 3 saturated heterocycles. The van der Waals surface area contributed by atoms with E-state index in [1.807, 2.05) is 11.0 Å². The van der Waals surface area contributed by atoms with E-state index in [-0.39, 0.29) is 24.3 Å². The number of nitrogens with zero attached hydrogens (tertiary/aromatic N) is 9. The standard InChI is InChI=1S/C32H36FN9O3/c1-34-32(26-18-40(19-27(26)32)30(43)20-39-11-8-22(9-12-39)38(2)3)29-7-4-21(15-35-29)25-6-5-23(14-28(25)33)42-17-24(45-31(42)44)16-41-13-10-36-37-41/h4-7,10,13-15,22,24,26-27H,8-9,11-12,16-20H2,2-3H3/t24-,26-,27+,32?/m0/s1. The molecule has 234 valence electrons. The second kappa shape index (κ2) is 11.5. The molecule has 13 heteroatoms. The number of anilines is 1. The minimum Gasteiger partial charge on any atom is -0.442 e. The molecule has 4 atom stereocenters. The van der Waals surface area contributed by atoms with Crippen LogP contribution in [-0.4, -0.2) is 112 Å². The zero-order valence-electron chi connectivity index (χ0n) is 25.4. The summed E-state index contributed by atoms with van der Waals surface area (Å²) in [7, 11) is 4.22. The van der Waals surface area contributed by atoms with Crippen LogP contribution in [0.15, 0.2) is 48.9 Å². The van der Waals surface area contributed by atoms with E-state index in [1.54, 1.807) is 41.5 Å². The van der Waals surface area contributed by atoms with Gasteiger partial charge in [-0.1, -0.05) is 11.3 Å². The summed E-state index contributed by atoms with van der Waals surface area (Å²) in [5.41, 5.74) is 1.27. The maximum atomic E-state index is 15.3. The number of rotatable bonds is 8. The molecule has 45 heavy (non-hydrogen) atoms. The number of likely N-dealkylation sites (tertiary alicyclic amines) is 2. The summed E-state index contributed by atoms with van der Waals surface area (Å²) in [6, 6.07) is 8.82. The number of halogens is 1. The van der Waals surface area contributed by atoms with E-state index >= 15 is 4.39 Å². The molecule has 2 amide bonds. The Hall–Kier alpha value is -4.41. The molecule has 4 aliphatic rings. The summed E-state index contributed by atoms with van der Waals surface area (Å²) in [4.78, 5) is 42.1. The second-order valence-corrected chi connectivity index (χ2v) is 12.8. The SMILES string of the molecule is [C-]#[N+]C1(c2ccc(-c3ccc(N4C[C@H](Cn5ccnn5)OC4=O)cc3F)cn2)[C@@H]2CN(C(=O)CN3CCC(N(C)C)CC3)C[C@@H]21. The number of carbonyl (C=O) groups is 2. The fourth-order valence-corrected chi connectivity index (χ4v) is 7.36. The lowest BCUT2D eigenvalue weighted by atomic mass is 10.0. The molecule has 1 aliphatic carbocycles. The first kappa shape index (κ1) is 29.3. The maximum absolute atomic E-state index is 15.3. The molecule has 0 spiro atoms. The predicted molar refractivity (Wildman–Crippen MR) is 162 cm³/mol. The molecular formula is C32H36FN9O3. The van der Waals surface area contributed by atoms with Gasteiger partial charge in [-0.2, -0.15) is 0 Å². The number of fused-ring (bicyclic) bond motifs is 1. The van der Waals surface area contributed by atoms with Crippen molar-refractivity contribution in [2.45, 2.75) is 37.1 Å². The van der Waals surface area contributed by atoms with E-state index < -0.39 is 23.6 Å². The fraction of sp³-hybridized carbons (Fsp3) is 0.500. The van der Waals surface area contributed by atoms with Gasteiger partial charge >= 0.3 is 6.09 Å². The number of carbonyl (C=O) groups excluding carboxylic acids is 2. The third kappa shape index (κ3) is 5.32. The van der Waals surface area contributed by atoms with Crippen LogP contribution >= 0.6 is 0 Å². The maximum Gasteiger partial charge on any atom is 0.414 e. The van der Waals surface area contributed by atoms with Crippen molar-refractivity contribution in [2.75, 3.05) is 58.3 Å². The summed E-state index contributed by atoms with van der Waals surface area (Å²) in [6.07, 6.45) is 6.02. The molecule has 7 rings (SSSR count). The zero-order chi connectivity index (χ0) is 31.3. The zero-order valence-corrected chi connectivity index (χ0v) is 25.4. The van der Waals surface area contributed by atoms with Crippen LogP contribution in [-0.2, 0) is 21.6 Å². The van der Waals surface area contributed by atoms with Crippen molar-refractivity contribution in [2.24, 2.45) is 11.8 Å². The van der Waals surface area contributed by atoms with Crippen molar-refractivity contribution in [1.82, 2.24) is 34.7 Å². The quantitative estimate of drug-likeness (QED) is 0.358. The van der Waals surface area contributed by atoms with E-state index in [0.717, 1.165) is 25.9 Å². The molecule has 1 unspecified atom stereocenters. The highest BCUT2D eigenvalue weighted by molar-refractivity contribution is 5.90. The van der Waals surface area contributed by atoms with E-state index in [4.69, 9.17) is 11.3 Å². The monoisotopic (exact) mass is 613 g/mol. The average Bonchev–Trinajstić information content (AvgIpc) is 3.54. The molecule has 0 bridgehead atoms. The van der Waals surface area contributed by atoms with E-state index in [1.165, 1.54) is 11.0 Å². The van der Waals surface area contributed by atoms with Gasteiger partial charge in [0, 0.05) is 55.7 Å². The molecule has 0 radical (unpaired) electrons. The average molecular weight is 614 g/mol. The number of hydrogen-bond acceptors (Lipinski definition) is 8. The molecule has 5 heterocycles. The van der Waals surface area contributed by atoms with Crippen LogP contribution in [0.5, 0.6) is 0 Å². The highest BCUT2D eigenvalue weighted by atomic mass is 19.1. The van der Waals surface area contributed by atoms with Crippen LogP contribution in [0.25, 0.3) is 16.0 Å². The third-order valence-corrected chi connectivity index (χ3v) is 10.0. The first-order valence-corrected chi connectivity index (χ1v) is 15.4. The van der Waals surface area contributed by atoms with Crippen molar-refractivity contribution in [3.8, 4) is 11.1 Å². The minimum atomic E-state index is -0.735. The molecule has 3 aliphatic heterocycles. The Balaban J connectivity index is 0.969. The van der Waals surface area contributed by atoms with Gasteiger partial charge in [-0.15, -0.1) is 5.10 Å². The van der Waals surface area contributed by atoms with Crippen LogP contribution in [0, 0.1) is 24.2 Å². The minimum absolute atomic E-state index is 0.0568. The first-order chi connectivity index (χ1) is 21.8. The van der Waals surface area contributed by atoms with Crippen LogP contribution < -0.4 is 4.90 Å². The van der Waals surface area contributed by atoms with Gasteiger partial charge in [-0.05, 0) is 51.2 Å². The summed E-state index contributed by atoms with van der Waals surface area (Å²) >= 11 is 0. The van der Waals surface area contributed by atoms with Crippen molar-refractivity contribution in [3.63, 3.8) is 0 Å². The van der Waals surface area contributed by atoms with Gasteiger partial charge < -0.3 is 19.4 Å². The van der Waals surface area contributed by atoms with E-state index in [2.05, 4.69) is 44.0 Å². The lowest BCUT2D eigenvalue weighted by Crippen LogP contribution is -2.47. The van der Waals surface area contributed by atoms with Gasteiger partial charge in [-0.3, -0.25) is 19.6 Å². The topological polar surface area (TPSA) is 104 Å². The van der Waals surface area contributed by atoms with E-state index in [9.17, 15) is 9.59 Å². The number of amides is 2. The van der Waals surface area contributed by atoms with Gasteiger partial charge in [0.2, 0.25) is 5.91 Å². The lowest BCUT2D eigenvalue weighted by molar-refractivity contribution is -0.132. The predicted octanol–water partition coefficient (Wildman–Crippen LogP) is 2.73. The van der Waals surface area contributed by atoms with Gasteiger partial charge in [0.05, 0.1) is 43.4 Å². The number of benzene rings is 1. The van der Waals surface area contributed by atoms with Crippen LogP contribution in [0.3, 0.4) is 0 Å². The summed E-state index contributed by atoms with van der Waals surface area (Å²) in [6.45, 7) is 12.1. The summed E-state index contributed by atoms with van der Waals surface area (Å²) in [5.74, 6) is -0.236. The Labute approximate surface area is 261 Å². The summed E-state index contributed by atoms with van der Waals surface area (Å²) < 4.78 is 22.4. The Kier molecular flexibility index (Phi) is 7.49. The Morgan fingerprint density at radius 2 is 1.93 bits per heavy atom. The Bertz CT molecular complexity index is 1600. The second-order valence-electron chi connectivity index (χ2n) is 12.8. The normalized spacial score (nSPS) is 26.6. The smallest absolute Gasteiger partial charge is 0.414 e. The molecule has 1 saturated carbocycles. The van der Waals surface area contributed by atoms with Gasteiger partial charge in [-0.25, -0.2) is 20.4 Å². The molecule has 3 aromatic rings. The number of piperidine rings is 2. The van der Waals surface area contributed by atoms with Crippen LogP contribution in [0.1, 0.15) is 18.5 Å². The number of ether oxygens (including phenoxy) is 1. The first-order valence-electron chi connectivity index (χ1n) is 15.4. The van der Waals surface area contributed by atoms with Gasteiger partial charge in [0.15, 0.2) is 0 Å². The van der Waals surface area contributed by atoms with Crippen molar-refractivity contribution >= 4 is 17.7 Å². The largest absolute Gasteiger partial charge is 0.442 e. The van der Waals surface area contributed by atoms with Crippen molar-refractivity contribution in [1.29, 1.82) is 0 Å².